The number of amides is 1. The Bertz CT molecular complexity index is 715. The number of hydrogen-bond acceptors (Lipinski definition) is 4. The Morgan fingerprint density at radius 2 is 1.88 bits per heavy atom. The highest BCUT2D eigenvalue weighted by atomic mass is 35.5. The van der Waals surface area contributed by atoms with Crippen molar-refractivity contribution in [3.05, 3.63) is 64.7 Å². The van der Waals surface area contributed by atoms with Crippen molar-refractivity contribution in [1.82, 2.24) is 0 Å². The van der Waals surface area contributed by atoms with E-state index in [0.29, 0.717) is 22.9 Å². The molecule has 126 valence electrons. The van der Waals surface area contributed by atoms with E-state index in [-0.39, 0.29) is 0 Å². The number of rotatable bonds is 6. The Morgan fingerprint density at radius 3 is 2.50 bits per heavy atom. The van der Waals surface area contributed by atoms with Gasteiger partial charge in [0.25, 0.3) is 5.91 Å². The molecule has 0 aliphatic rings. The largest absolute Gasteiger partial charge is 0.449 e. The molecular weight excluding hydrogens is 330 g/mol. The monoisotopic (exact) mass is 347 g/mol. The molecule has 0 bridgehead atoms. The quantitative estimate of drug-likeness (QED) is 0.810. The van der Waals surface area contributed by atoms with Crippen molar-refractivity contribution in [3.63, 3.8) is 0 Å². The predicted octanol–water partition coefficient (Wildman–Crippen LogP) is 3.67. The highest BCUT2D eigenvalue weighted by molar-refractivity contribution is 6.30. The van der Waals surface area contributed by atoms with E-state index in [9.17, 15) is 9.59 Å². The van der Waals surface area contributed by atoms with Gasteiger partial charge in [-0.3, -0.25) is 4.79 Å². The molecule has 1 N–H and O–H groups in total. The first-order chi connectivity index (χ1) is 11.5. The second-order valence-electron chi connectivity index (χ2n) is 5.18. The summed E-state index contributed by atoms with van der Waals surface area (Å²) >= 11 is 5.86. The number of anilines is 1. The van der Waals surface area contributed by atoms with Crippen LogP contribution in [-0.2, 0) is 20.9 Å². The molecule has 0 radical (unpaired) electrons. The molecule has 1 amide bonds. The molecule has 2 aromatic carbocycles. The number of carbonyl (C=O) groups excluding carboxylic acids is 2. The predicted molar refractivity (Wildman–Crippen MR) is 92.1 cm³/mol. The summed E-state index contributed by atoms with van der Waals surface area (Å²) in [5.74, 6) is -0.991. The summed E-state index contributed by atoms with van der Waals surface area (Å²) in [4.78, 5) is 24.2. The van der Waals surface area contributed by atoms with Gasteiger partial charge in [-0.15, -0.1) is 0 Å². The molecule has 24 heavy (non-hydrogen) atoms. The van der Waals surface area contributed by atoms with E-state index in [1.807, 2.05) is 0 Å². The summed E-state index contributed by atoms with van der Waals surface area (Å²) < 4.78 is 10.2. The molecule has 0 saturated carbocycles. The maximum Gasteiger partial charge on any atom is 0.338 e. The van der Waals surface area contributed by atoms with Gasteiger partial charge in [0.05, 0.1) is 12.2 Å². The fourth-order valence-electron chi connectivity index (χ4n) is 2.00. The molecule has 5 nitrogen and oxygen atoms in total. The van der Waals surface area contributed by atoms with E-state index in [2.05, 4.69) is 5.32 Å². The Morgan fingerprint density at radius 1 is 1.17 bits per heavy atom. The van der Waals surface area contributed by atoms with Crippen molar-refractivity contribution >= 4 is 29.2 Å². The number of hydrogen-bond donors (Lipinski definition) is 1. The molecule has 0 saturated heterocycles. The zero-order chi connectivity index (χ0) is 17.5. The lowest BCUT2D eigenvalue weighted by molar-refractivity contribution is -0.123. The smallest absolute Gasteiger partial charge is 0.338 e. The topological polar surface area (TPSA) is 64.6 Å². The summed E-state index contributed by atoms with van der Waals surface area (Å²) in [6.07, 6.45) is -0.935. The Balaban J connectivity index is 1.93. The van der Waals surface area contributed by atoms with Crippen LogP contribution in [0.3, 0.4) is 0 Å². The van der Waals surface area contributed by atoms with E-state index in [1.54, 1.807) is 55.6 Å². The highest BCUT2D eigenvalue weighted by Gasteiger charge is 2.19. The maximum atomic E-state index is 12.1. The molecule has 0 aliphatic heterocycles. The van der Waals surface area contributed by atoms with Crippen LogP contribution in [0.15, 0.2) is 48.5 Å². The van der Waals surface area contributed by atoms with Crippen molar-refractivity contribution in [2.75, 3.05) is 12.4 Å². The van der Waals surface area contributed by atoms with Crippen LogP contribution in [0.2, 0.25) is 5.02 Å². The van der Waals surface area contributed by atoms with E-state index in [1.165, 1.54) is 6.92 Å². The lowest BCUT2D eigenvalue weighted by atomic mass is 10.1. The summed E-state index contributed by atoms with van der Waals surface area (Å²) in [7, 11) is 1.60. The van der Waals surface area contributed by atoms with Crippen molar-refractivity contribution in [1.29, 1.82) is 0 Å². The van der Waals surface area contributed by atoms with Crippen LogP contribution < -0.4 is 5.32 Å². The zero-order valence-electron chi connectivity index (χ0n) is 13.4. The number of benzene rings is 2. The minimum atomic E-state index is -0.935. The fourth-order valence-corrected chi connectivity index (χ4v) is 2.19. The van der Waals surface area contributed by atoms with Gasteiger partial charge in [0, 0.05) is 17.8 Å². The van der Waals surface area contributed by atoms with Crippen LogP contribution in [-0.4, -0.2) is 25.1 Å². The van der Waals surface area contributed by atoms with E-state index in [4.69, 9.17) is 21.1 Å². The normalized spacial score (nSPS) is 11.6. The van der Waals surface area contributed by atoms with Gasteiger partial charge in [0.2, 0.25) is 0 Å². The Labute approximate surface area is 145 Å². The van der Waals surface area contributed by atoms with Crippen molar-refractivity contribution in [3.8, 4) is 0 Å². The van der Waals surface area contributed by atoms with Gasteiger partial charge in [-0.1, -0.05) is 29.8 Å². The minimum absolute atomic E-state index is 0.372. The molecule has 0 aliphatic carbocycles. The fraction of sp³-hybridized carbons (Fsp3) is 0.222. The molecule has 0 aromatic heterocycles. The zero-order valence-corrected chi connectivity index (χ0v) is 14.2. The van der Waals surface area contributed by atoms with Crippen molar-refractivity contribution in [2.45, 2.75) is 19.6 Å². The van der Waals surface area contributed by atoms with Crippen LogP contribution in [0.25, 0.3) is 0 Å². The summed E-state index contributed by atoms with van der Waals surface area (Å²) in [5, 5.41) is 3.16. The minimum Gasteiger partial charge on any atom is -0.449 e. The summed E-state index contributed by atoms with van der Waals surface area (Å²) in [6, 6.07) is 13.6. The summed E-state index contributed by atoms with van der Waals surface area (Å²) in [6.45, 7) is 1.98. The van der Waals surface area contributed by atoms with Gasteiger partial charge >= 0.3 is 5.97 Å². The van der Waals surface area contributed by atoms with Gasteiger partial charge in [-0.05, 0) is 42.8 Å². The number of esters is 1. The number of methoxy groups -OCH3 is 1. The molecular formula is C18H18ClNO4. The number of ether oxygens (including phenoxy) is 2. The number of halogens is 1. The molecule has 6 heteroatoms. The molecule has 1 atom stereocenters. The van der Waals surface area contributed by atoms with Gasteiger partial charge in [-0.2, -0.15) is 0 Å². The van der Waals surface area contributed by atoms with Crippen LogP contribution in [0.4, 0.5) is 5.69 Å². The van der Waals surface area contributed by atoms with Gasteiger partial charge in [0.15, 0.2) is 6.10 Å². The third-order valence-corrected chi connectivity index (χ3v) is 3.48. The average molecular weight is 348 g/mol. The van der Waals surface area contributed by atoms with E-state index < -0.39 is 18.0 Å². The molecule has 0 heterocycles. The van der Waals surface area contributed by atoms with Crippen molar-refractivity contribution in [2.24, 2.45) is 0 Å². The van der Waals surface area contributed by atoms with Crippen LogP contribution >= 0.6 is 11.6 Å². The van der Waals surface area contributed by atoms with Crippen LogP contribution in [0.5, 0.6) is 0 Å². The van der Waals surface area contributed by atoms with Gasteiger partial charge in [0.1, 0.15) is 0 Å². The number of carbonyl (C=O) groups is 2. The first kappa shape index (κ1) is 18.0. The third kappa shape index (κ3) is 5.08. The highest BCUT2D eigenvalue weighted by Crippen LogP contribution is 2.15. The summed E-state index contributed by atoms with van der Waals surface area (Å²) in [5.41, 5.74) is 1.86. The lowest BCUT2D eigenvalue weighted by Crippen LogP contribution is -2.30. The van der Waals surface area contributed by atoms with E-state index in [0.717, 1.165) is 5.56 Å². The molecule has 0 fully saturated rings. The maximum absolute atomic E-state index is 12.1. The molecule has 0 unspecified atom stereocenters. The Hall–Kier alpha value is -2.37. The molecule has 2 aromatic rings. The van der Waals surface area contributed by atoms with E-state index >= 15 is 0 Å². The molecule has 2 rings (SSSR count). The first-order valence-corrected chi connectivity index (χ1v) is 7.72. The van der Waals surface area contributed by atoms with Crippen LogP contribution in [0, 0.1) is 0 Å². The SMILES string of the molecule is COCc1ccc(C(=O)O[C@@H](C)C(=O)Nc2cccc(Cl)c2)cc1. The first-order valence-electron chi connectivity index (χ1n) is 7.35. The third-order valence-electron chi connectivity index (χ3n) is 3.25. The average Bonchev–Trinajstić information content (AvgIpc) is 2.55. The Kier molecular flexibility index (Phi) is 6.35. The van der Waals surface area contributed by atoms with Crippen molar-refractivity contribution < 1.29 is 19.1 Å². The lowest BCUT2D eigenvalue weighted by Gasteiger charge is -2.14. The van der Waals surface area contributed by atoms with Gasteiger partial charge in [-0.25, -0.2) is 4.79 Å². The van der Waals surface area contributed by atoms with Gasteiger partial charge < -0.3 is 14.8 Å². The second kappa shape index (κ2) is 8.47. The van der Waals surface area contributed by atoms with Crippen LogP contribution in [0.1, 0.15) is 22.8 Å². The molecule has 0 spiro atoms. The number of nitrogens with one attached hydrogen (secondary N) is 1. The standard InChI is InChI=1S/C18H18ClNO4/c1-12(17(21)20-16-5-3-4-15(19)10-16)24-18(22)14-8-6-13(7-9-14)11-23-2/h3-10,12H,11H2,1-2H3,(H,20,21)/t12-/m0/s1. The second-order valence-corrected chi connectivity index (χ2v) is 5.61.